The highest BCUT2D eigenvalue weighted by Gasteiger charge is 1.79. The van der Waals surface area contributed by atoms with E-state index in [1.165, 1.54) is 0 Å². The lowest BCUT2D eigenvalue weighted by Gasteiger charge is -1.84. The summed E-state index contributed by atoms with van der Waals surface area (Å²) >= 11 is 0. The zero-order chi connectivity index (χ0) is 6.41. The average Bonchev–Trinajstić information content (AvgIpc) is 1.83. The maximum absolute atomic E-state index is 8.33. The van der Waals surface area contributed by atoms with E-state index in [4.69, 9.17) is 5.11 Å². The van der Waals surface area contributed by atoms with Crippen molar-refractivity contribution in [2.75, 3.05) is 0 Å². The van der Waals surface area contributed by atoms with Gasteiger partial charge in [-0.3, -0.25) is 0 Å². The van der Waals surface area contributed by atoms with E-state index < -0.39 is 0 Å². The van der Waals surface area contributed by atoms with E-state index in [0.717, 1.165) is 11.8 Å². The minimum Gasteiger partial charge on any atom is -0.516 e. The molecule has 0 aliphatic rings. The average molecular weight is 110 g/mol. The predicted octanol–water partition coefficient (Wildman–Crippen LogP) is 1.86. The quantitative estimate of drug-likeness (QED) is 0.403. The summed E-state index contributed by atoms with van der Waals surface area (Å²) in [6, 6.07) is 0. The van der Waals surface area contributed by atoms with E-state index >= 15 is 0 Å². The molecule has 0 rings (SSSR count). The van der Waals surface area contributed by atoms with Crippen molar-refractivity contribution < 1.29 is 5.11 Å². The molecule has 44 valence electrons. The molecule has 0 atom stereocenters. The Labute approximate surface area is 50.0 Å². The number of rotatable bonds is 1. The van der Waals surface area contributed by atoms with Crippen LogP contribution in [0.2, 0.25) is 0 Å². The highest BCUT2D eigenvalue weighted by Crippen LogP contribution is 1.93. The van der Waals surface area contributed by atoms with Gasteiger partial charge < -0.3 is 5.11 Å². The molecule has 1 nitrogen and oxygen atoms in total. The smallest absolute Gasteiger partial charge is 0.0790 e. The Morgan fingerprint density at radius 3 is 2.75 bits per heavy atom. The van der Waals surface area contributed by atoms with E-state index in [1.807, 2.05) is 6.92 Å². The predicted molar refractivity (Wildman–Crippen MR) is 34.5 cm³/mol. The molecular formula is C7H10O. The largest absolute Gasteiger partial charge is 0.516 e. The van der Waals surface area contributed by atoms with Crippen LogP contribution in [-0.4, -0.2) is 5.11 Å². The second kappa shape index (κ2) is 4.26. The van der Waals surface area contributed by atoms with Crippen LogP contribution in [0.5, 0.6) is 0 Å². The maximum Gasteiger partial charge on any atom is 0.0790 e. The molecule has 0 heterocycles. The van der Waals surface area contributed by atoms with Gasteiger partial charge in [0.1, 0.15) is 0 Å². The molecule has 0 saturated heterocycles. The topological polar surface area (TPSA) is 20.2 Å². The zero-order valence-electron chi connectivity index (χ0n) is 5.23. The third kappa shape index (κ3) is 3.30. The van der Waals surface area contributed by atoms with Gasteiger partial charge in [0.25, 0.3) is 0 Å². The summed E-state index contributed by atoms with van der Waals surface area (Å²) in [4.78, 5) is 0. The third-order valence-electron chi connectivity index (χ3n) is 0.764. The Hall–Kier alpha value is -0.900. The molecule has 0 saturated carbocycles. The number of hydrogen-bond acceptors (Lipinski definition) is 1. The van der Waals surface area contributed by atoms with Crippen molar-refractivity contribution in [1.29, 1.82) is 0 Å². The van der Waals surface area contributed by atoms with Gasteiger partial charge in [0.05, 0.1) is 6.26 Å². The monoisotopic (exact) mass is 110 g/mol. The lowest BCUT2D eigenvalue weighted by Crippen LogP contribution is -1.70. The van der Waals surface area contributed by atoms with Crippen LogP contribution in [0.1, 0.15) is 20.3 Å². The number of aliphatic hydroxyl groups is 1. The van der Waals surface area contributed by atoms with Crippen molar-refractivity contribution >= 4 is 0 Å². The van der Waals surface area contributed by atoms with Crippen LogP contribution in [0.4, 0.5) is 0 Å². The Kier molecular flexibility index (Phi) is 3.78. The first kappa shape index (κ1) is 7.10. The van der Waals surface area contributed by atoms with E-state index in [9.17, 15) is 0 Å². The van der Waals surface area contributed by atoms with Gasteiger partial charge in [-0.15, -0.1) is 5.92 Å². The highest BCUT2D eigenvalue weighted by molar-refractivity contribution is 5.08. The van der Waals surface area contributed by atoms with Gasteiger partial charge in [0.15, 0.2) is 0 Å². The van der Waals surface area contributed by atoms with Gasteiger partial charge >= 0.3 is 0 Å². The Morgan fingerprint density at radius 2 is 2.38 bits per heavy atom. The molecule has 0 radical (unpaired) electrons. The van der Waals surface area contributed by atoms with Crippen molar-refractivity contribution in [3.63, 3.8) is 0 Å². The molecule has 0 unspecified atom stereocenters. The zero-order valence-corrected chi connectivity index (χ0v) is 5.23. The van der Waals surface area contributed by atoms with E-state index in [2.05, 4.69) is 11.8 Å². The first-order chi connectivity index (χ1) is 3.81. The molecule has 0 aromatic carbocycles. The summed E-state index contributed by atoms with van der Waals surface area (Å²) in [5, 5.41) is 8.33. The summed E-state index contributed by atoms with van der Waals surface area (Å²) in [6.45, 7) is 3.62. The van der Waals surface area contributed by atoms with Crippen LogP contribution in [-0.2, 0) is 0 Å². The molecule has 0 aliphatic heterocycles. The van der Waals surface area contributed by atoms with E-state index in [-0.39, 0.29) is 0 Å². The summed E-state index contributed by atoms with van der Waals surface area (Å²) in [5.74, 6) is 5.55. The van der Waals surface area contributed by atoms with Gasteiger partial charge in [-0.2, -0.15) is 0 Å². The minimum atomic E-state index is 0.674. The summed E-state index contributed by atoms with van der Waals surface area (Å²) < 4.78 is 0. The number of hydrogen-bond donors (Lipinski definition) is 1. The lowest BCUT2D eigenvalue weighted by molar-refractivity contribution is 0.466. The third-order valence-corrected chi connectivity index (χ3v) is 0.764. The lowest BCUT2D eigenvalue weighted by atomic mass is 10.2. The van der Waals surface area contributed by atoms with Crippen LogP contribution < -0.4 is 0 Å². The summed E-state index contributed by atoms with van der Waals surface area (Å²) in [6.07, 6.45) is 1.76. The van der Waals surface area contributed by atoms with Gasteiger partial charge in [-0.25, -0.2) is 0 Å². The van der Waals surface area contributed by atoms with Gasteiger partial charge in [-0.05, 0) is 19.4 Å². The summed E-state index contributed by atoms with van der Waals surface area (Å²) in [5.41, 5.74) is 0.902. The fourth-order valence-corrected chi connectivity index (χ4v) is 0.273. The van der Waals surface area contributed by atoms with Crippen molar-refractivity contribution in [3.05, 3.63) is 11.8 Å². The van der Waals surface area contributed by atoms with Gasteiger partial charge in [-0.1, -0.05) is 5.92 Å². The first-order valence-electron chi connectivity index (χ1n) is 2.50. The fourth-order valence-electron chi connectivity index (χ4n) is 0.273. The normalized spacial score (nSPS) is 10.0. The van der Waals surface area contributed by atoms with Crippen LogP contribution >= 0.6 is 0 Å². The number of aliphatic hydroxyl groups excluding tert-OH is 1. The van der Waals surface area contributed by atoms with Crippen molar-refractivity contribution in [3.8, 4) is 11.8 Å². The minimum absolute atomic E-state index is 0.674. The SMILES string of the molecule is CC#CCC(C)=CO. The van der Waals surface area contributed by atoms with Gasteiger partial charge in [0.2, 0.25) is 0 Å². The Balaban J connectivity index is 3.51. The molecule has 0 aromatic rings. The van der Waals surface area contributed by atoms with Crippen molar-refractivity contribution in [1.82, 2.24) is 0 Å². The second-order valence-electron chi connectivity index (χ2n) is 1.58. The van der Waals surface area contributed by atoms with E-state index in [0.29, 0.717) is 6.42 Å². The van der Waals surface area contributed by atoms with Crippen molar-refractivity contribution in [2.24, 2.45) is 0 Å². The van der Waals surface area contributed by atoms with Crippen LogP contribution in [0.25, 0.3) is 0 Å². The molecule has 0 amide bonds. The van der Waals surface area contributed by atoms with Crippen molar-refractivity contribution in [2.45, 2.75) is 20.3 Å². The van der Waals surface area contributed by atoms with E-state index in [1.54, 1.807) is 6.92 Å². The molecule has 8 heavy (non-hydrogen) atoms. The molecule has 1 N–H and O–H groups in total. The Morgan fingerprint density at radius 1 is 1.75 bits per heavy atom. The molecule has 0 spiro atoms. The Bertz CT molecular complexity index is 134. The molecule has 1 heteroatoms. The highest BCUT2D eigenvalue weighted by atomic mass is 16.2. The standard InChI is InChI=1S/C7H10O/c1-3-4-5-7(2)6-8/h6,8H,5H2,1-2H3. The van der Waals surface area contributed by atoms with Crippen LogP contribution in [0.3, 0.4) is 0 Å². The van der Waals surface area contributed by atoms with Gasteiger partial charge in [0, 0.05) is 6.42 Å². The first-order valence-corrected chi connectivity index (χ1v) is 2.50. The van der Waals surface area contributed by atoms with Crippen LogP contribution in [0.15, 0.2) is 11.8 Å². The maximum atomic E-state index is 8.33. The summed E-state index contributed by atoms with van der Waals surface area (Å²) in [7, 11) is 0. The molecular weight excluding hydrogens is 100 g/mol. The van der Waals surface area contributed by atoms with Crippen LogP contribution in [0, 0.1) is 11.8 Å². The molecule has 0 aliphatic carbocycles. The molecule has 0 bridgehead atoms. The number of allylic oxidation sites excluding steroid dienone is 1. The molecule has 0 aromatic heterocycles. The fraction of sp³-hybridized carbons (Fsp3) is 0.429. The molecule has 0 fully saturated rings. The second-order valence-corrected chi connectivity index (χ2v) is 1.58.